The molecule has 0 amide bonds. The summed E-state index contributed by atoms with van der Waals surface area (Å²) in [4.78, 5) is 6.84. The summed E-state index contributed by atoms with van der Waals surface area (Å²) in [6, 6.07) is 0. The van der Waals surface area contributed by atoms with Crippen molar-refractivity contribution in [2.24, 2.45) is 16.3 Å². The first kappa shape index (κ1) is 21.9. The van der Waals surface area contributed by atoms with Crippen LogP contribution in [-0.2, 0) is 4.74 Å². The Morgan fingerprint density at radius 1 is 1.36 bits per heavy atom. The Morgan fingerprint density at radius 2 is 2.05 bits per heavy atom. The second kappa shape index (κ2) is 10.6. The summed E-state index contributed by atoms with van der Waals surface area (Å²) in [5.74, 6) is 1.40. The van der Waals surface area contributed by atoms with Gasteiger partial charge in [-0.25, -0.2) is 0 Å². The molecule has 22 heavy (non-hydrogen) atoms. The van der Waals surface area contributed by atoms with E-state index in [1.54, 1.807) is 0 Å². The van der Waals surface area contributed by atoms with Crippen molar-refractivity contribution in [2.45, 2.75) is 47.1 Å². The van der Waals surface area contributed by atoms with Crippen LogP contribution >= 0.6 is 24.0 Å². The molecule has 6 heteroatoms. The third kappa shape index (κ3) is 8.53. The molecule has 5 nitrogen and oxygen atoms in total. The predicted molar refractivity (Wildman–Crippen MR) is 103 cm³/mol. The summed E-state index contributed by atoms with van der Waals surface area (Å²) in [5.41, 5.74) is 0.342. The second-order valence-corrected chi connectivity index (χ2v) is 7.12. The van der Waals surface area contributed by atoms with E-state index in [9.17, 15) is 5.11 Å². The fraction of sp³-hybridized carbons (Fsp3) is 0.938. The smallest absolute Gasteiger partial charge is 0.194 e. The fourth-order valence-electron chi connectivity index (χ4n) is 2.40. The summed E-state index contributed by atoms with van der Waals surface area (Å²) in [7, 11) is 0. The van der Waals surface area contributed by atoms with Crippen molar-refractivity contribution >= 4 is 29.9 Å². The molecule has 0 aromatic heterocycles. The molecule has 1 unspecified atom stereocenters. The quantitative estimate of drug-likeness (QED) is 0.372. The normalized spacial score (nSPS) is 19.2. The molecule has 0 saturated carbocycles. The molecule has 1 aliphatic heterocycles. The molecule has 0 aromatic rings. The van der Waals surface area contributed by atoms with Crippen LogP contribution < -0.4 is 5.32 Å². The van der Waals surface area contributed by atoms with Crippen LogP contribution in [0.4, 0.5) is 0 Å². The van der Waals surface area contributed by atoms with Gasteiger partial charge in [-0.05, 0) is 24.7 Å². The number of aliphatic hydroxyl groups excluding tert-OH is 1. The van der Waals surface area contributed by atoms with E-state index in [2.05, 4.69) is 49.8 Å². The van der Waals surface area contributed by atoms with Crippen molar-refractivity contribution in [1.29, 1.82) is 0 Å². The summed E-state index contributed by atoms with van der Waals surface area (Å²) < 4.78 is 5.45. The number of halogens is 1. The van der Waals surface area contributed by atoms with E-state index in [0.717, 1.165) is 25.6 Å². The molecule has 132 valence electrons. The Bertz CT molecular complexity index is 335. The minimum absolute atomic E-state index is 0. The Labute approximate surface area is 152 Å². The first-order chi connectivity index (χ1) is 9.84. The Morgan fingerprint density at radius 3 is 2.55 bits per heavy atom. The maximum atomic E-state index is 9.95. The van der Waals surface area contributed by atoms with Crippen molar-refractivity contribution in [3.05, 3.63) is 0 Å². The van der Waals surface area contributed by atoms with E-state index < -0.39 is 6.10 Å². The summed E-state index contributed by atoms with van der Waals surface area (Å²) in [6.07, 6.45) is 0.644. The van der Waals surface area contributed by atoms with Crippen molar-refractivity contribution in [1.82, 2.24) is 10.2 Å². The van der Waals surface area contributed by atoms with Crippen LogP contribution in [0.3, 0.4) is 0 Å². The van der Waals surface area contributed by atoms with Crippen LogP contribution in [0.5, 0.6) is 0 Å². The van der Waals surface area contributed by atoms with Gasteiger partial charge in [0.05, 0.1) is 19.3 Å². The van der Waals surface area contributed by atoms with Gasteiger partial charge in [-0.1, -0.05) is 27.7 Å². The summed E-state index contributed by atoms with van der Waals surface area (Å²) in [5, 5.41) is 13.3. The molecule has 0 aliphatic carbocycles. The van der Waals surface area contributed by atoms with Gasteiger partial charge in [-0.3, -0.25) is 4.99 Å². The fourth-order valence-corrected chi connectivity index (χ4v) is 2.40. The lowest BCUT2D eigenvalue weighted by atomic mass is 9.93. The van der Waals surface area contributed by atoms with Crippen LogP contribution in [0.25, 0.3) is 0 Å². The number of nitrogens with one attached hydrogen (secondary N) is 1. The van der Waals surface area contributed by atoms with Gasteiger partial charge in [0, 0.05) is 26.2 Å². The van der Waals surface area contributed by atoms with Gasteiger partial charge in [-0.2, -0.15) is 0 Å². The van der Waals surface area contributed by atoms with Crippen molar-refractivity contribution in [2.75, 3.05) is 39.4 Å². The maximum Gasteiger partial charge on any atom is 0.194 e. The monoisotopic (exact) mass is 427 g/mol. The SMILES string of the molecule is CCNC(=NCC(O)COCC(C)C)N1CCC(C)(C)C1.I. The van der Waals surface area contributed by atoms with E-state index in [0.29, 0.717) is 31.1 Å². The second-order valence-electron chi connectivity index (χ2n) is 7.12. The van der Waals surface area contributed by atoms with Crippen LogP contribution in [0.15, 0.2) is 4.99 Å². The third-order valence-electron chi connectivity index (χ3n) is 3.53. The molecular formula is C16H34IN3O2. The summed E-state index contributed by atoms with van der Waals surface area (Å²) >= 11 is 0. The van der Waals surface area contributed by atoms with Gasteiger partial charge in [0.2, 0.25) is 0 Å². The number of likely N-dealkylation sites (tertiary alicyclic amines) is 1. The minimum atomic E-state index is -0.534. The van der Waals surface area contributed by atoms with Gasteiger partial charge in [0.15, 0.2) is 5.96 Å². The molecule has 0 radical (unpaired) electrons. The van der Waals surface area contributed by atoms with Crippen LogP contribution in [0, 0.1) is 11.3 Å². The molecule has 1 heterocycles. The molecule has 0 bridgehead atoms. The number of rotatable bonds is 7. The zero-order valence-electron chi connectivity index (χ0n) is 14.8. The average Bonchev–Trinajstić information content (AvgIpc) is 2.74. The van der Waals surface area contributed by atoms with Crippen LogP contribution in [-0.4, -0.2) is 61.5 Å². The van der Waals surface area contributed by atoms with Crippen molar-refractivity contribution < 1.29 is 9.84 Å². The molecule has 1 atom stereocenters. The predicted octanol–water partition coefficient (Wildman–Crippen LogP) is 2.34. The number of ether oxygens (including phenoxy) is 1. The minimum Gasteiger partial charge on any atom is -0.389 e. The number of nitrogens with zero attached hydrogens (tertiary/aromatic N) is 2. The van der Waals surface area contributed by atoms with E-state index >= 15 is 0 Å². The van der Waals surface area contributed by atoms with E-state index in [1.807, 2.05) is 0 Å². The van der Waals surface area contributed by atoms with Gasteiger partial charge in [0.1, 0.15) is 0 Å². The zero-order chi connectivity index (χ0) is 15.9. The number of aliphatic imine (C=N–C) groups is 1. The molecule has 0 aromatic carbocycles. The molecule has 1 saturated heterocycles. The van der Waals surface area contributed by atoms with Crippen LogP contribution in [0.2, 0.25) is 0 Å². The molecule has 1 aliphatic rings. The third-order valence-corrected chi connectivity index (χ3v) is 3.53. The Kier molecular flexibility index (Phi) is 10.6. The number of guanidine groups is 1. The highest BCUT2D eigenvalue weighted by atomic mass is 127. The largest absolute Gasteiger partial charge is 0.389 e. The topological polar surface area (TPSA) is 57.1 Å². The molecule has 1 rings (SSSR count). The maximum absolute atomic E-state index is 9.95. The molecular weight excluding hydrogens is 393 g/mol. The summed E-state index contributed by atoms with van der Waals surface area (Å²) in [6.45, 7) is 15.1. The zero-order valence-corrected chi connectivity index (χ0v) is 17.1. The van der Waals surface area contributed by atoms with Crippen LogP contribution in [0.1, 0.15) is 41.0 Å². The van der Waals surface area contributed by atoms with E-state index in [4.69, 9.17) is 4.74 Å². The van der Waals surface area contributed by atoms with E-state index in [-0.39, 0.29) is 24.0 Å². The highest BCUT2D eigenvalue weighted by Crippen LogP contribution is 2.28. The lowest BCUT2D eigenvalue weighted by Gasteiger charge is -2.24. The number of aliphatic hydroxyl groups is 1. The molecule has 0 spiro atoms. The highest BCUT2D eigenvalue weighted by molar-refractivity contribution is 14.0. The van der Waals surface area contributed by atoms with Gasteiger partial charge >= 0.3 is 0 Å². The number of hydrogen-bond acceptors (Lipinski definition) is 3. The van der Waals surface area contributed by atoms with E-state index in [1.165, 1.54) is 6.42 Å². The lowest BCUT2D eigenvalue weighted by molar-refractivity contribution is 0.0300. The van der Waals surface area contributed by atoms with Crippen molar-refractivity contribution in [3.63, 3.8) is 0 Å². The highest BCUT2D eigenvalue weighted by Gasteiger charge is 2.30. The molecule has 1 fully saturated rings. The Balaban J connectivity index is 0.00000441. The number of hydrogen-bond donors (Lipinski definition) is 2. The average molecular weight is 427 g/mol. The van der Waals surface area contributed by atoms with Crippen molar-refractivity contribution in [3.8, 4) is 0 Å². The first-order valence-electron chi connectivity index (χ1n) is 8.13. The van der Waals surface area contributed by atoms with Gasteiger partial charge in [0.25, 0.3) is 0 Å². The van der Waals surface area contributed by atoms with Gasteiger partial charge in [-0.15, -0.1) is 24.0 Å². The first-order valence-corrected chi connectivity index (χ1v) is 8.13. The Hall–Kier alpha value is -0.0800. The van der Waals surface area contributed by atoms with Gasteiger partial charge < -0.3 is 20.1 Å². The molecule has 2 N–H and O–H groups in total. The standard InChI is InChI=1S/C16H33N3O2.HI/c1-6-17-15(19-8-7-16(4,5)12-19)18-9-14(20)11-21-10-13(2)3;/h13-14,20H,6-12H2,1-5H3,(H,17,18);1H. The lowest BCUT2D eigenvalue weighted by Crippen LogP contribution is -2.41.